The predicted molar refractivity (Wildman–Crippen MR) is 88.5 cm³/mol. The molecule has 1 saturated heterocycles. The minimum Gasteiger partial charge on any atom is -0.389 e. The summed E-state index contributed by atoms with van der Waals surface area (Å²) in [6, 6.07) is 3.02. The maximum atomic E-state index is 5.92. The van der Waals surface area contributed by atoms with Gasteiger partial charge in [0.1, 0.15) is 10.8 Å². The molecular formula is C15H24N4S. The number of piperazine rings is 1. The van der Waals surface area contributed by atoms with Crippen LogP contribution in [0.3, 0.4) is 0 Å². The SMILES string of the molecule is Cc1cc(C)c(C(N)=S)c(N2CC(C)N(C)C(C)C2)n1. The van der Waals surface area contributed by atoms with Crippen LogP contribution in [0.25, 0.3) is 0 Å². The van der Waals surface area contributed by atoms with Crippen LogP contribution in [0.1, 0.15) is 30.7 Å². The van der Waals surface area contributed by atoms with Crippen LogP contribution < -0.4 is 10.6 Å². The normalized spacial score (nSPS) is 23.9. The lowest BCUT2D eigenvalue weighted by Crippen LogP contribution is -2.55. The largest absolute Gasteiger partial charge is 0.389 e. The van der Waals surface area contributed by atoms with E-state index in [-0.39, 0.29) is 0 Å². The summed E-state index contributed by atoms with van der Waals surface area (Å²) < 4.78 is 0. The molecule has 1 fully saturated rings. The van der Waals surface area contributed by atoms with Gasteiger partial charge in [-0.1, -0.05) is 12.2 Å². The molecule has 0 bridgehead atoms. The molecule has 0 radical (unpaired) electrons. The molecule has 0 aliphatic carbocycles. The van der Waals surface area contributed by atoms with Gasteiger partial charge in [-0.2, -0.15) is 0 Å². The van der Waals surface area contributed by atoms with Crippen LogP contribution in [0.2, 0.25) is 0 Å². The van der Waals surface area contributed by atoms with Gasteiger partial charge in [0.25, 0.3) is 0 Å². The lowest BCUT2D eigenvalue weighted by molar-refractivity contribution is 0.169. The molecule has 0 spiro atoms. The van der Waals surface area contributed by atoms with Gasteiger partial charge in [-0.05, 0) is 46.4 Å². The van der Waals surface area contributed by atoms with Gasteiger partial charge in [0, 0.05) is 30.9 Å². The number of aryl methyl sites for hydroxylation is 2. The van der Waals surface area contributed by atoms with E-state index in [9.17, 15) is 0 Å². The molecule has 20 heavy (non-hydrogen) atoms. The standard InChI is InChI=1S/C15H24N4S/c1-9-6-10(2)17-15(13(9)14(16)20)19-7-11(3)18(5)12(4)8-19/h6,11-12H,7-8H2,1-5H3,(H2,16,20). The molecule has 0 amide bonds. The summed E-state index contributed by atoms with van der Waals surface area (Å²) in [5.74, 6) is 0.946. The Morgan fingerprint density at radius 3 is 2.35 bits per heavy atom. The lowest BCUT2D eigenvalue weighted by atomic mass is 10.1. The van der Waals surface area contributed by atoms with Crippen LogP contribution in [0.15, 0.2) is 6.07 Å². The molecule has 2 atom stereocenters. The summed E-state index contributed by atoms with van der Waals surface area (Å²) in [5, 5.41) is 0. The van der Waals surface area contributed by atoms with Crippen molar-refractivity contribution < 1.29 is 0 Å². The van der Waals surface area contributed by atoms with Crippen LogP contribution in [-0.4, -0.2) is 47.1 Å². The molecule has 2 unspecified atom stereocenters. The zero-order valence-corrected chi connectivity index (χ0v) is 13.8. The number of nitrogens with zero attached hydrogens (tertiary/aromatic N) is 3. The van der Waals surface area contributed by atoms with Crippen molar-refractivity contribution in [2.45, 2.75) is 39.8 Å². The number of nitrogens with two attached hydrogens (primary N) is 1. The summed E-state index contributed by atoms with van der Waals surface area (Å²) in [6.45, 7) is 10.5. The Balaban J connectivity index is 2.44. The second-order valence-corrected chi connectivity index (χ2v) is 6.35. The zero-order valence-electron chi connectivity index (χ0n) is 13.0. The van der Waals surface area contributed by atoms with E-state index in [0.717, 1.165) is 35.7 Å². The first kappa shape index (κ1) is 15.2. The summed E-state index contributed by atoms with van der Waals surface area (Å²) in [6.07, 6.45) is 0. The number of pyridine rings is 1. The Morgan fingerprint density at radius 1 is 1.30 bits per heavy atom. The maximum absolute atomic E-state index is 5.92. The molecule has 5 heteroatoms. The van der Waals surface area contributed by atoms with Crippen LogP contribution in [0.5, 0.6) is 0 Å². The van der Waals surface area contributed by atoms with Crippen LogP contribution in [0.4, 0.5) is 5.82 Å². The second-order valence-electron chi connectivity index (χ2n) is 5.91. The molecule has 4 nitrogen and oxygen atoms in total. The third kappa shape index (κ3) is 2.79. The Bertz CT molecular complexity index is 517. The average Bonchev–Trinajstić information content (AvgIpc) is 2.33. The van der Waals surface area contributed by atoms with E-state index in [1.54, 1.807) is 0 Å². The Kier molecular flexibility index (Phi) is 4.30. The molecule has 1 aliphatic rings. The van der Waals surface area contributed by atoms with E-state index in [1.165, 1.54) is 0 Å². The molecular weight excluding hydrogens is 268 g/mol. The van der Waals surface area contributed by atoms with Crippen molar-refractivity contribution in [3.8, 4) is 0 Å². The fourth-order valence-electron chi connectivity index (χ4n) is 2.93. The van der Waals surface area contributed by atoms with Gasteiger partial charge in [0.15, 0.2) is 0 Å². The van der Waals surface area contributed by atoms with Gasteiger partial charge in [0.05, 0.1) is 5.56 Å². The van der Waals surface area contributed by atoms with Gasteiger partial charge in [-0.3, -0.25) is 4.90 Å². The number of rotatable bonds is 2. The van der Waals surface area contributed by atoms with Crippen molar-refractivity contribution in [1.29, 1.82) is 0 Å². The van der Waals surface area contributed by atoms with E-state index < -0.39 is 0 Å². The highest BCUT2D eigenvalue weighted by Crippen LogP contribution is 2.26. The molecule has 0 saturated carbocycles. The van der Waals surface area contributed by atoms with Gasteiger partial charge in [-0.25, -0.2) is 4.98 Å². The van der Waals surface area contributed by atoms with Crippen molar-refractivity contribution in [3.63, 3.8) is 0 Å². The fraction of sp³-hybridized carbons (Fsp3) is 0.600. The summed E-state index contributed by atoms with van der Waals surface area (Å²) in [4.78, 5) is 9.87. The third-order valence-electron chi connectivity index (χ3n) is 4.23. The summed E-state index contributed by atoms with van der Waals surface area (Å²) >= 11 is 5.23. The Labute approximate surface area is 127 Å². The second kappa shape index (κ2) is 5.66. The number of anilines is 1. The topological polar surface area (TPSA) is 45.4 Å². The van der Waals surface area contributed by atoms with Gasteiger partial charge < -0.3 is 10.6 Å². The first-order valence-electron chi connectivity index (χ1n) is 7.06. The van der Waals surface area contributed by atoms with Crippen molar-refractivity contribution >= 4 is 23.0 Å². The van der Waals surface area contributed by atoms with Crippen LogP contribution in [0, 0.1) is 13.8 Å². The number of hydrogen-bond donors (Lipinski definition) is 1. The van der Waals surface area contributed by atoms with E-state index in [0.29, 0.717) is 17.1 Å². The highest BCUT2D eigenvalue weighted by Gasteiger charge is 2.29. The first-order valence-corrected chi connectivity index (χ1v) is 7.47. The monoisotopic (exact) mass is 292 g/mol. The van der Waals surface area contributed by atoms with E-state index in [2.05, 4.69) is 37.6 Å². The van der Waals surface area contributed by atoms with Crippen molar-refractivity contribution in [1.82, 2.24) is 9.88 Å². The average molecular weight is 292 g/mol. The molecule has 2 heterocycles. The smallest absolute Gasteiger partial charge is 0.139 e. The lowest BCUT2D eigenvalue weighted by Gasteiger charge is -2.43. The predicted octanol–water partition coefficient (Wildman–Crippen LogP) is 1.86. The Morgan fingerprint density at radius 2 is 1.85 bits per heavy atom. The number of hydrogen-bond acceptors (Lipinski definition) is 4. The van der Waals surface area contributed by atoms with Crippen molar-refractivity contribution in [3.05, 3.63) is 22.9 Å². The molecule has 110 valence electrons. The number of likely N-dealkylation sites (N-methyl/N-ethyl adjacent to an activating group) is 1. The summed E-state index contributed by atoms with van der Waals surface area (Å²) in [7, 11) is 2.18. The van der Waals surface area contributed by atoms with Crippen LogP contribution >= 0.6 is 12.2 Å². The highest BCUT2D eigenvalue weighted by molar-refractivity contribution is 7.80. The molecule has 1 aromatic heterocycles. The van der Waals surface area contributed by atoms with E-state index >= 15 is 0 Å². The molecule has 1 aromatic rings. The molecule has 1 aliphatic heterocycles. The summed E-state index contributed by atoms with van der Waals surface area (Å²) in [5.41, 5.74) is 8.97. The Hall–Kier alpha value is -1.20. The van der Waals surface area contributed by atoms with E-state index in [4.69, 9.17) is 22.9 Å². The number of thiocarbonyl (C=S) groups is 1. The third-order valence-corrected chi connectivity index (χ3v) is 4.44. The fourth-order valence-corrected chi connectivity index (χ4v) is 3.18. The first-order chi connectivity index (χ1) is 9.31. The number of aromatic nitrogens is 1. The van der Waals surface area contributed by atoms with Crippen LogP contribution in [-0.2, 0) is 0 Å². The van der Waals surface area contributed by atoms with Gasteiger partial charge in [0.2, 0.25) is 0 Å². The quantitative estimate of drug-likeness (QED) is 0.843. The molecule has 2 N–H and O–H groups in total. The van der Waals surface area contributed by atoms with E-state index in [1.807, 2.05) is 13.0 Å². The maximum Gasteiger partial charge on any atom is 0.139 e. The molecule has 0 aromatic carbocycles. The molecule has 2 rings (SSSR count). The highest BCUT2D eigenvalue weighted by atomic mass is 32.1. The van der Waals surface area contributed by atoms with Gasteiger partial charge in [-0.15, -0.1) is 0 Å². The van der Waals surface area contributed by atoms with Gasteiger partial charge >= 0.3 is 0 Å². The van der Waals surface area contributed by atoms with Crippen molar-refractivity contribution in [2.75, 3.05) is 25.0 Å². The zero-order chi connectivity index (χ0) is 15.0. The minimum absolute atomic E-state index is 0.434. The minimum atomic E-state index is 0.434. The van der Waals surface area contributed by atoms with Crippen molar-refractivity contribution in [2.24, 2.45) is 5.73 Å².